The van der Waals surface area contributed by atoms with Gasteiger partial charge in [-0.2, -0.15) is 0 Å². The number of halogens is 1. The molecule has 3 rings (SSSR count). The number of nitrogens with zero attached hydrogens (tertiary/aromatic N) is 1. The predicted molar refractivity (Wildman–Crippen MR) is 76.1 cm³/mol. The van der Waals surface area contributed by atoms with E-state index in [1.165, 1.54) is 12.1 Å². The van der Waals surface area contributed by atoms with Crippen LogP contribution in [0.15, 0.2) is 60.9 Å². The molecule has 0 aliphatic rings. The first-order chi connectivity index (χ1) is 9.75. The number of rotatable bonds is 2. The van der Waals surface area contributed by atoms with Crippen molar-refractivity contribution in [2.75, 3.05) is 5.32 Å². The van der Waals surface area contributed by atoms with Gasteiger partial charge >= 0.3 is 0 Å². The summed E-state index contributed by atoms with van der Waals surface area (Å²) in [6.45, 7) is 0. The van der Waals surface area contributed by atoms with Crippen molar-refractivity contribution in [3.63, 3.8) is 0 Å². The molecule has 0 radical (unpaired) electrons. The highest BCUT2D eigenvalue weighted by atomic mass is 19.1. The lowest BCUT2D eigenvalue weighted by atomic mass is 10.0. The van der Waals surface area contributed by atoms with Crippen LogP contribution in [-0.2, 0) is 0 Å². The molecule has 98 valence electrons. The molecular formula is C16H11FN2O. The Morgan fingerprint density at radius 3 is 2.40 bits per heavy atom. The van der Waals surface area contributed by atoms with Crippen LogP contribution in [0.25, 0.3) is 10.8 Å². The third-order valence-electron chi connectivity index (χ3n) is 3.05. The Kier molecular flexibility index (Phi) is 3.13. The molecular weight excluding hydrogens is 255 g/mol. The van der Waals surface area contributed by atoms with E-state index in [9.17, 15) is 9.18 Å². The quantitative estimate of drug-likeness (QED) is 0.769. The SMILES string of the molecule is O=C(Nc1ccncc1)c1ccc(F)c2ccccc12. The Morgan fingerprint density at radius 1 is 0.950 bits per heavy atom. The van der Waals surface area contributed by atoms with Crippen LogP contribution in [0.1, 0.15) is 10.4 Å². The van der Waals surface area contributed by atoms with Gasteiger partial charge in [-0.3, -0.25) is 9.78 Å². The van der Waals surface area contributed by atoms with E-state index in [4.69, 9.17) is 0 Å². The highest BCUT2D eigenvalue weighted by molar-refractivity contribution is 6.12. The highest BCUT2D eigenvalue weighted by Gasteiger charge is 2.12. The summed E-state index contributed by atoms with van der Waals surface area (Å²) in [5.41, 5.74) is 1.09. The molecule has 0 aliphatic heterocycles. The van der Waals surface area contributed by atoms with Crippen molar-refractivity contribution in [2.24, 2.45) is 0 Å². The molecule has 2 aromatic carbocycles. The van der Waals surface area contributed by atoms with Crippen molar-refractivity contribution in [1.82, 2.24) is 4.98 Å². The molecule has 3 nitrogen and oxygen atoms in total. The standard InChI is InChI=1S/C16H11FN2O/c17-15-6-5-14(12-3-1-2-4-13(12)15)16(20)19-11-7-9-18-10-8-11/h1-10H,(H,18,19,20). The summed E-state index contributed by atoms with van der Waals surface area (Å²) >= 11 is 0. The van der Waals surface area contributed by atoms with Gasteiger partial charge in [-0.1, -0.05) is 24.3 Å². The number of aromatic nitrogens is 1. The van der Waals surface area contributed by atoms with Crippen LogP contribution in [0.3, 0.4) is 0 Å². The Labute approximate surface area is 115 Å². The zero-order chi connectivity index (χ0) is 13.9. The molecule has 1 aromatic heterocycles. The Balaban J connectivity index is 2.02. The minimum Gasteiger partial charge on any atom is -0.322 e. The summed E-state index contributed by atoms with van der Waals surface area (Å²) < 4.78 is 13.7. The molecule has 0 unspecified atom stereocenters. The fraction of sp³-hybridized carbons (Fsp3) is 0. The van der Waals surface area contributed by atoms with Gasteiger partial charge in [0.1, 0.15) is 5.82 Å². The van der Waals surface area contributed by atoms with E-state index in [1.807, 2.05) is 0 Å². The lowest BCUT2D eigenvalue weighted by Crippen LogP contribution is -2.12. The van der Waals surface area contributed by atoms with Crippen LogP contribution in [0, 0.1) is 5.82 Å². The largest absolute Gasteiger partial charge is 0.322 e. The van der Waals surface area contributed by atoms with Gasteiger partial charge < -0.3 is 5.32 Å². The molecule has 1 heterocycles. The van der Waals surface area contributed by atoms with Gasteiger partial charge in [0.15, 0.2) is 0 Å². The topological polar surface area (TPSA) is 42.0 Å². The summed E-state index contributed by atoms with van der Waals surface area (Å²) in [4.78, 5) is 16.2. The zero-order valence-corrected chi connectivity index (χ0v) is 10.5. The number of nitrogens with one attached hydrogen (secondary N) is 1. The van der Waals surface area contributed by atoms with E-state index in [1.54, 1.807) is 48.8 Å². The lowest BCUT2D eigenvalue weighted by Gasteiger charge is -2.08. The average molecular weight is 266 g/mol. The van der Waals surface area contributed by atoms with E-state index in [-0.39, 0.29) is 11.7 Å². The van der Waals surface area contributed by atoms with Crippen LogP contribution in [0.2, 0.25) is 0 Å². The van der Waals surface area contributed by atoms with Crippen LogP contribution in [-0.4, -0.2) is 10.9 Å². The molecule has 0 saturated heterocycles. The van der Waals surface area contributed by atoms with Crippen molar-refractivity contribution >= 4 is 22.4 Å². The lowest BCUT2D eigenvalue weighted by molar-refractivity contribution is 0.102. The minimum atomic E-state index is -0.332. The first-order valence-electron chi connectivity index (χ1n) is 6.14. The van der Waals surface area contributed by atoms with Gasteiger partial charge in [-0.15, -0.1) is 0 Å². The Bertz CT molecular complexity index is 772. The van der Waals surface area contributed by atoms with E-state index >= 15 is 0 Å². The maximum Gasteiger partial charge on any atom is 0.256 e. The van der Waals surface area contributed by atoms with Gasteiger partial charge in [0.05, 0.1) is 0 Å². The number of hydrogen-bond acceptors (Lipinski definition) is 2. The molecule has 0 spiro atoms. The summed E-state index contributed by atoms with van der Waals surface area (Å²) in [5.74, 6) is -0.603. The number of benzene rings is 2. The van der Waals surface area contributed by atoms with Crippen LogP contribution in [0.5, 0.6) is 0 Å². The maximum atomic E-state index is 13.7. The molecule has 1 N–H and O–H groups in total. The van der Waals surface area contributed by atoms with Crippen LogP contribution >= 0.6 is 0 Å². The molecule has 0 atom stereocenters. The van der Waals surface area contributed by atoms with Crippen molar-refractivity contribution in [3.05, 3.63) is 72.3 Å². The summed E-state index contributed by atoms with van der Waals surface area (Å²) in [6, 6.07) is 13.1. The zero-order valence-electron chi connectivity index (χ0n) is 10.5. The number of carbonyl (C=O) groups is 1. The number of amides is 1. The average Bonchev–Trinajstić information content (AvgIpc) is 2.49. The second kappa shape index (κ2) is 5.09. The fourth-order valence-corrected chi connectivity index (χ4v) is 2.09. The van der Waals surface area contributed by atoms with Crippen molar-refractivity contribution in [1.29, 1.82) is 0 Å². The second-order valence-electron chi connectivity index (χ2n) is 4.33. The fourth-order valence-electron chi connectivity index (χ4n) is 2.09. The summed E-state index contributed by atoms with van der Waals surface area (Å²) in [5, 5.41) is 3.80. The summed E-state index contributed by atoms with van der Waals surface area (Å²) in [6.07, 6.45) is 3.19. The van der Waals surface area contributed by atoms with Gasteiger partial charge in [0, 0.05) is 29.0 Å². The molecule has 20 heavy (non-hydrogen) atoms. The normalized spacial score (nSPS) is 10.4. The third kappa shape index (κ3) is 2.23. The Morgan fingerprint density at radius 2 is 1.65 bits per heavy atom. The number of anilines is 1. The number of hydrogen-bond donors (Lipinski definition) is 1. The predicted octanol–water partition coefficient (Wildman–Crippen LogP) is 3.63. The minimum absolute atomic E-state index is 0.271. The van der Waals surface area contributed by atoms with E-state index < -0.39 is 0 Å². The van der Waals surface area contributed by atoms with Crippen molar-refractivity contribution in [2.45, 2.75) is 0 Å². The molecule has 3 aromatic rings. The monoisotopic (exact) mass is 266 g/mol. The van der Waals surface area contributed by atoms with E-state index in [0.717, 1.165) is 0 Å². The van der Waals surface area contributed by atoms with Gasteiger partial charge in [-0.05, 0) is 29.7 Å². The first-order valence-corrected chi connectivity index (χ1v) is 6.14. The summed E-state index contributed by atoms with van der Waals surface area (Å²) in [7, 11) is 0. The molecule has 0 saturated carbocycles. The van der Waals surface area contributed by atoms with E-state index in [0.29, 0.717) is 22.0 Å². The smallest absolute Gasteiger partial charge is 0.256 e. The number of pyridine rings is 1. The van der Waals surface area contributed by atoms with Crippen molar-refractivity contribution in [3.8, 4) is 0 Å². The molecule has 0 aliphatic carbocycles. The van der Waals surface area contributed by atoms with Crippen LogP contribution in [0.4, 0.5) is 10.1 Å². The Hall–Kier alpha value is -2.75. The van der Waals surface area contributed by atoms with E-state index in [2.05, 4.69) is 10.3 Å². The van der Waals surface area contributed by atoms with Crippen molar-refractivity contribution < 1.29 is 9.18 Å². The second-order valence-corrected chi connectivity index (χ2v) is 4.33. The molecule has 4 heteroatoms. The molecule has 0 bridgehead atoms. The van der Waals surface area contributed by atoms with Gasteiger partial charge in [0.25, 0.3) is 5.91 Å². The maximum absolute atomic E-state index is 13.7. The number of carbonyl (C=O) groups excluding carboxylic acids is 1. The molecule has 0 fully saturated rings. The van der Waals surface area contributed by atoms with Crippen LogP contribution < -0.4 is 5.32 Å². The first kappa shape index (κ1) is 12.3. The van der Waals surface area contributed by atoms with Gasteiger partial charge in [-0.25, -0.2) is 4.39 Å². The number of fused-ring (bicyclic) bond motifs is 1. The van der Waals surface area contributed by atoms with Gasteiger partial charge in [0.2, 0.25) is 0 Å². The molecule has 1 amide bonds. The third-order valence-corrected chi connectivity index (χ3v) is 3.05. The highest BCUT2D eigenvalue weighted by Crippen LogP contribution is 2.22.